The third kappa shape index (κ3) is 11.7. The van der Waals surface area contributed by atoms with Crippen molar-refractivity contribution in [3.63, 3.8) is 0 Å². The van der Waals surface area contributed by atoms with Gasteiger partial charge in [-0.25, -0.2) is 4.98 Å². The summed E-state index contributed by atoms with van der Waals surface area (Å²) in [5.74, 6) is 0.465. The minimum atomic E-state index is -2.80. The van der Waals surface area contributed by atoms with Gasteiger partial charge in [0.2, 0.25) is 5.88 Å². The number of nitriles is 1. The minimum absolute atomic E-state index is 0.0353. The molecule has 1 aliphatic rings. The van der Waals surface area contributed by atoms with E-state index in [1.54, 1.807) is 30.5 Å². The number of carbonyl (C=O) groups is 1. The molecule has 230 valence electrons. The number of hydrogen-bond acceptors (Lipinski definition) is 5. The number of pyridine rings is 1. The number of nitrogens with zero attached hydrogens (tertiary/aromatic N) is 3. The number of aromatic nitrogens is 1. The highest BCUT2D eigenvalue weighted by Crippen LogP contribution is 2.34. The molecular formula is C34H43F2N4O2P. The van der Waals surface area contributed by atoms with Gasteiger partial charge in [0.25, 0.3) is 11.6 Å². The van der Waals surface area contributed by atoms with Crippen LogP contribution >= 0.6 is 9.24 Å². The Bertz CT molecular complexity index is 1310. The number of aryl methyl sites for hydroxylation is 1. The van der Waals surface area contributed by atoms with E-state index in [2.05, 4.69) is 35.1 Å². The number of likely N-dealkylation sites (tertiary alicyclic amines) is 1. The fraction of sp³-hybridized carbons (Fsp3) is 0.441. The fourth-order valence-corrected chi connectivity index (χ4v) is 5.11. The molecule has 1 N–H and O–H groups in total. The number of alkyl halides is 2. The van der Waals surface area contributed by atoms with Gasteiger partial charge in [0, 0.05) is 49.1 Å². The van der Waals surface area contributed by atoms with Gasteiger partial charge >= 0.3 is 0 Å². The van der Waals surface area contributed by atoms with Crippen LogP contribution in [0, 0.1) is 18.3 Å². The monoisotopic (exact) mass is 608 g/mol. The first-order chi connectivity index (χ1) is 20.6. The average Bonchev–Trinajstić information content (AvgIpc) is 2.99. The maximum atomic E-state index is 12.8. The molecule has 1 unspecified atom stereocenters. The van der Waals surface area contributed by atoms with Crippen LogP contribution < -0.4 is 10.1 Å². The first-order valence-corrected chi connectivity index (χ1v) is 15.6. The Balaban J connectivity index is 0.000000386. The largest absolute Gasteiger partial charge is 0.474 e. The molecule has 2 heterocycles. The van der Waals surface area contributed by atoms with Gasteiger partial charge in [-0.2, -0.15) is 14.0 Å². The minimum Gasteiger partial charge on any atom is -0.474 e. The zero-order chi connectivity index (χ0) is 31.2. The maximum absolute atomic E-state index is 12.8. The number of hydrogen-bond donors (Lipinski definition) is 1. The van der Waals surface area contributed by atoms with E-state index in [4.69, 9.17) is 10.00 Å². The van der Waals surface area contributed by atoms with Crippen molar-refractivity contribution in [1.29, 1.82) is 5.26 Å². The van der Waals surface area contributed by atoms with Crippen molar-refractivity contribution in [1.82, 2.24) is 15.2 Å². The summed E-state index contributed by atoms with van der Waals surface area (Å²) in [4.78, 5) is 19.5. The zero-order valence-corrected chi connectivity index (χ0v) is 26.5. The summed E-state index contributed by atoms with van der Waals surface area (Å²) in [6.45, 7) is 8.91. The highest BCUT2D eigenvalue weighted by Gasteiger charge is 2.24. The molecule has 6 nitrogen and oxygen atoms in total. The summed E-state index contributed by atoms with van der Waals surface area (Å²) in [6, 6.07) is 19.8. The van der Waals surface area contributed by atoms with Gasteiger partial charge in [-0.05, 0) is 56.4 Å². The Morgan fingerprint density at radius 2 is 1.72 bits per heavy atom. The maximum Gasteiger partial charge on any atom is 0.283 e. The summed E-state index contributed by atoms with van der Waals surface area (Å²) >= 11 is 0. The molecule has 0 spiro atoms. The second kappa shape index (κ2) is 17.0. The lowest BCUT2D eigenvalue weighted by Gasteiger charge is -2.32. The number of carbonyl (C=O) groups excluding carboxylic acids is 1. The van der Waals surface area contributed by atoms with E-state index in [0.717, 1.165) is 63.7 Å². The lowest BCUT2D eigenvalue weighted by Crippen LogP contribution is -2.44. The van der Waals surface area contributed by atoms with E-state index < -0.39 is 5.66 Å². The zero-order valence-electron chi connectivity index (χ0n) is 25.4. The van der Waals surface area contributed by atoms with Crippen LogP contribution in [0.2, 0.25) is 0 Å². The van der Waals surface area contributed by atoms with Crippen LogP contribution in [0.4, 0.5) is 8.78 Å². The normalized spacial score (nSPS) is 14.0. The third-order valence-electron chi connectivity index (χ3n) is 7.35. The summed E-state index contributed by atoms with van der Waals surface area (Å²) < 4.78 is 31.1. The van der Waals surface area contributed by atoms with Gasteiger partial charge < -0.3 is 10.1 Å². The van der Waals surface area contributed by atoms with Gasteiger partial charge in [0.1, 0.15) is 6.10 Å². The number of benzene rings is 2. The van der Waals surface area contributed by atoms with Crippen LogP contribution in [0.15, 0.2) is 66.9 Å². The molecule has 1 aromatic heterocycles. The average molecular weight is 609 g/mol. The van der Waals surface area contributed by atoms with Crippen molar-refractivity contribution in [3.8, 4) is 11.9 Å². The molecule has 0 bridgehead atoms. The van der Waals surface area contributed by atoms with Gasteiger partial charge in [-0.1, -0.05) is 77.9 Å². The lowest BCUT2D eigenvalue weighted by molar-refractivity contribution is 0.0907. The van der Waals surface area contributed by atoms with Gasteiger partial charge in [-0.3, -0.25) is 9.69 Å². The molecule has 1 fully saturated rings. The second-order valence-electron chi connectivity index (χ2n) is 11.0. The standard InChI is InChI=1S/C26H34N4O2.C8H9F2P/c1-3-5-24(6-4-2)32-25-17-22(11-14-28-25)26(31)29-23-12-15-30(16-13-23)19-21-9-7-20(18-27)8-10-21;1-6-2-4-7(5-3-6)8(9,10)11/h7-11,14,17,23-24H,3-6,12-13,15-16,19H2,1-2H3,(H,29,31);2-5H,11H2,1H3. The van der Waals surface area contributed by atoms with E-state index in [1.165, 1.54) is 26.9 Å². The first-order valence-electron chi connectivity index (χ1n) is 15.0. The Labute approximate surface area is 257 Å². The topological polar surface area (TPSA) is 78.2 Å². The van der Waals surface area contributed by atoms with Gasteiger partial charge in [0.05, 0.1) is 11.6 Å². The number of halogens is 2. The molecule has 1 aliphatic heterocycles. The SMILES string of the molecule is CCCC(CCC)Oc1cc(C(=O)NC2CCN(Cc3ccc(C#N)cc3)CC2)ccn1.Cc1ccc(C(F)(F)P)cc1. The van der Waals surface area contributed by atoms with Crippen LogP contribution in [0.25, 0.3) is 0 Å². The van der Waals surface area contributed by atoms with Crippen LogP contribution in [-0.4, -0.2) is 41.0 Å². The highest BCUT2D eigenvalue weighted by molar-refractivity contribution is 7.17. The van der Waals surface area contributed by atoms with Crippen molar-refractivity contribution < 1.29 is 18.3 Å². The Morgan fingerprint density at radius 1 is 1.09 bits per heavy atom. The van der Waals surface area contributed by atoms with Crippen molar-refractivity contribution in [2.45, 2.75) is 83.7 Å². The van der Waals surface area contributed by atoms with E-state index in [9.17, 15) is 13.6 Å². The number of ether oxygens (including phenoxy) is 1. The van der Waals surface area contributed by atoms with Crippen molar-refractivity contribution in [2.75, 3.05) is 13.1 Å². The predicted octanol–water partition coefficient (Wildman–Crippen LogP) is 7.61. The van der Waals surface area contributed by atoms with Crippen molar-refractivity contribution in [2.24, 2.45) is 0 Å². The van der Waals surface area contributed by atoms with E-state index >= 15 is 0 Å². The number of nitrogens with one attached hydrogen (secondary N) is 1. The molecule has 3 aromatic rings. The summed E-state index contributed by atoms with van der Waals surface area (Å²) in [5, 5.41) is 12.1. The van der Waals surface area contributed by atoms with Gasteiger partial charge in [-0.15, -0.1) is 0 Å². The Morgan fingerprint density at radius 3 is 2.28 bits per heavy atom. The van der Waals surface area contributed by atoms with E-state index in [-0.39, 0.29) is 23.6 Å². The van der Waals surface area contributed by atoms with Crippen LogP contribution in [0.3, 0.4) is 0 Å². The number of piperidine rings is 1. The molecule has 2 aromatic carbocycles. The third-order valence-corrected chi connectivity index (χ3v) is 7.69. The summed E-state index contributed by atoms with van der Waals surface area (Å²) in [6.07, 6.45) is 7.76. The van der Waals surface area contributed by atoms with Gasteiger partial charge in [0.15, 0.2) is 0 Å². The van der Waals surface area contributed by atoms with Crippen LogP contribution in [-0.2, 0) is 12.2 Å². The molecular weight excluding hydrogens is 565 g/mol. The first kappa shape index (κ1) is 34.1. The molecule has 43 heavy (non-hydrogen) atoms. The van der Waals surface area contributed by atoms with Crippen LogP contribution in [0.5, 0.6) is 5.88 Å². The summed E-state index contributed by atoms with van der Waals surface area (Å²) in [5.41, 5.74) is 0.720. The smallest absolute Gasteiger partial charge is 0.283 e. The van der Waals surface area contributed by atoms with Crippen LogP contribution in [0.1, 0.15) is 85.0 Å². The van der Waals surface area contributed by atoms with Crippen molar-refractivity contribution in [3.05, 3.63) is 94.7 Å². The highest BCUT2D eigenvalue weighted by atomic mass is 31.0. The van der Waals surface area contributed by atoms with Crippen molar-refractivity contribution >= 4 is 15.1 Å². The Hall–Kier alpha value is -3.40. The quantitative estimate of drug-likeness (QED) is 0.227. The molecule has 9 heteroatoms. The molecule has 1 saturated heterocycles. The molecule has 4 rings (SSSR count). The van der Waals surface area contributed by atoms with E-state index in [0.29, 0.717) is 17.0 Å². The molecule has 0 radical (unpaired) electrons. The van der Waals surface area contributed by atoms with E-state index in [1.807, 2.05) is 31.2 Å². The molecule has 1 amide bonds. The second-order valence-corrected chi connectivity index (χ2v) is 11.7. The molecule has 0 aliphatic carbocycles. The molecule has 0 saturated carbocycles. The number of rotatable bonds is 11. The Kier molecular flexibility index (Phi) is 13.5. The lowest BCUT2D eigenvalue weighted by atomic mass is 10.0. The fourth-order valence-electron chi connectivity index (χ4n) is 4.91. The number of amides is 1. The predicted molar refractivity (Wildman–Crippen MR) is 170 cm³/mol. The molecule has 1 atom stereocenters. The summed E-state index contributed by atoms with van der Waals surface area (Å²) in [7, 11) is 1.51.